The molecule has 0 saturated heterocycles. The molecule has 0 atom stereocenters. The lowest BCUT2D eigenvalue weighted by atomic mass is 10.2. The summed E-state index contributed by atoms with van der Waals surface area (Å²) in [6.07, 6.45) is 0. The number of nitro groups is 1. The lowest BCUT2D eigenvalue weighted by molar-refractivity contribution is -0.384. The first-order chi connectivity index (χ1) is 9.51. The summed E-state index contributed by atoms with van der Waals surface area (Å²) in [5.41, 5.74) is 7.23. The molecule has 0 radical (unpaired) electrons. The van der Waals surface area contributed by atoms with E-state index in [1.165, 1.54) is 12.1 Å². The number of non-ortho nitro benzene ring substituents is 1. The minimum Gasteiger partial charge on any atom is -0.486 e. The lowest BCUT2D eigenvalue weighted by Gasteiger charge is -2.08. The first-order valence-electron chi connectivity index (χ1n) is 6.04. The Morgan fingerprint density at radius 3 is 2.75 bits per heavy atom. The number of thiazole rings is 1. The van der Waals surface area contributed by atoms with E-state index >= 15 is 0 Å². The topological polar surface area (TPSA) is 91.3 Å². The Kier molecular flexibility index (Phi) is 4.31. The van der Waals surface area contributed by atoms with E-state index in [4.69, 9.17) is 10.5 Å². The van der Waals surface area contributed by atoms with Gasteiger partial charge in [0.15, 0.2) is 0 Å². The van der Waals surface area contributed by atoms with Gasteiger partial charge in [0.1, 0.15) is 17.4 Å². The Morgan fingerprint density at radius 2 is 2.20 bits per heavy atom. The average molecular weight is 293 g/mol. The highest BCUT2D eigenvalue weighted by Gasteiger charge is 2.12. The molecule has 2 N–H and O–H groups in total. The van der Waals surface area contributed by atoms with Crippen molar-refractivity contribution in [1.29, 1.82) is 0 Å². The van der Waals surface area contributed by atoms with Crippen LogP contribution in [0, 0.1) is 24.0 Å². The van der Waals surface area contributed by atoms with Crippen LogP contribution in [0.5, 0.6) is 5.75 Å². The van der Waals surface area contributed by atoms with Crippen molar-refractivity contribution in [2.75, 3.05) is 0 Å². The van der Waals surface area contributed by atoms with Crippen LogP contribution < -0.4 is 10.5 Å². The van der Waals surface area contributed by atoms with Gasteiger partial charge in [0.05, 0.1) is 10.6 Å². The molecular formula is C13H15N3O3S. The van der Waals surface area contributed by atoms with Crippen molar-refractivity contribution in [2.45, 2.75) is 27.0 Å². The summed E-state index contributed by atoms with van der Waals surface area (Å²) in [4.78, 5) is 15.8. The molecule has 0 aliphatic rings. The first-order valence-corrected chi connectivity index (χ1v) is 6.86. The van der Waals surface area contributed by atoms with Gasteiger partial charge in [-0.05, 0) is 19.9 Å². The van der Waals surface area contributed by atoms with Gasteiger partial charge in [0.2, 0.25) is 0 Å². The van der Waals surface area contributed by atoms with Crippen LogP contribution in [0.2, 0.25) is 0 Å². The highest BCUT2D eigenvalue weighted by atomic mass is 32.1. The monoisotopic (exact) mass is 293 g/mol. The smallest absolute Gasteiger partial charge is 0.270 e. The molecule has 1 aromatic heterocycles. The molecule has 0 bridgehead atoms. The normalized spacial score (nSPS) is 10.6. The molecule has 6 nitrogen and oxygen atoms in total. The van der Waals surface area contributed by atoms with E-state index in [1.54, 1.807) is 17.4 Å². The lowest BCUT2D eigenvalue weighted by Crippen LogP contribution is -2.03. The number of nitrogens with zero attached hydrogens (tertiary/aromatic N) is 2. The molecule has 106 valence electrons. The molecule has 2 aromatic rings. The van der Waals surface area contributed by atoms with Crippen molar-refractivity contribution in [3.8, 4) is 5.75 Å². The first kappa shape index (κ1) is 14.4. The molecule has 0 saturated carbocycles. The molecule has 1 aromatic carbocycles. The summed E-state index contributed by atoms with van der Waals surface area (Å²) in [6, 6.07) is 4.42. The van der Waals surface area contributed by atoms with Crippen LogP contribution in [0.4, 0.5) is 5.69 Å². The average Bonchev–Trinajstić information content (AvgIpc) is 2.75. The largest absolute Gasteiger partial charge is 0.486 e. The van der Waals surface area contributed by atoms with E-state index in [9.17, 15) is 10.1 Å². The van der Waals surface area contributed by atoms with Gasteiger partial charge in [-0.15, -0.1) is 11.3 Å². The molecule has 1 heterocycles. The molecule has 0 spiro atoms. The van der Waals surface area contributed by atoms with E-state index in [1.807, 2.05) is 13.8 Å². The predicted molar refractivity (Wildman–Crippen MR) is 76.9 cm³/mol. The summed E-state index contributed by atoms with van der Waals surface area (Å²) < 4.78 is 5.66. The Balaban J connectivity index is 2.14. The Hall–Kier alpha value is -1.99. The summed E-state index contributed by atoms with van der Waals surface area (Å²) in [6.45, 7) is 4.48. The maximum Gasteiger partial charge on any atom is 0.270 e. The van der Waals surface area contributed by atoms with Crippen molar-refractivity contribution in [2.24, 2.45) is 5.73 Å². The third kappa shape index (κ3) is 3.12. The number of nitro benzene ring substituents is 1. The number of aryl methyl sites for hydroxylation is 2. The highest BCUT2D eigenvalue weighted by Crippen LogP contribution is 2.25. The minimum atomic E-state index is -0.448. The van der Waals surface area contributed by atoms with Gasteiger partial charge in [-0.3, -0.25) is 10.1 Å². The van der Waals surface area contributed by atoms with Crippen LogP contribution >= 0.6 is 11.3 Å². The predicted octanol–water partition coefficient (Wildman–Crippen LogP) is 2.71. The van der Waals surface area contributed by atoms with Gasteiger partial charge in [0, 0.05) is 29.1 Å². The van der Waals surface area contributed by atoms with Crippen molar-refractivity contribution in [3.63, 3.8) is 0 Å². The molecule has 20 heavy (non-hydrogen) atoms. The maximum atomic E-state index is 10.7. The van der Waals surface area contributed by atoms with Gasteiger partial charge in [-0.25, -0.2) is 4.98 Å². The fraction of sp³-hybridized carbons (Fsp3) is 0.308. The Morgan fingerprint density at radius 1 is 1.45 bits per heavy atom. The SMILES string of the molecule is Cc1nc(COc2ccc([N+](=O)[O-])cc2CN)sc1C. The third-order valence-corrected chi connectivity index (χ3v) is 3.95. The van der Waals surface area contributed by atoms with Crippen molar-refractivity contribution >= 4 is 17.0 Å². The van der Waals surface area contributed by atoms with E-state index < -0.39 is 4.92 Å². The molecule has 2 rings (SSSR count). The van der Waals surface area contributed by atoms with Crippen LogP contribution in [0.25, 0.3) is 0 Å². The van der Waals surface area contributed by atoms with Crippen molar-refractivity contribution in [3.05, 3.63) is 49.5 Å². The number of ether oxygens (including phenoxy) is 1. The van der Waals surface area contributed by atoms with E-state index in [0.29, 0.717) is 17.9 Å². The van der Waals surface area contributed by atoms with Crippen LogP contribution in [-0.2, 0) is 13.2 Å². The van der Waals surface area contributed by atoms with Gasteiger partial charge >= 0.3 is 0 Å². The third-order valence-electron chi connectivity index (χ3n) is 2.90. The Labute approximate surface area is 120 Å². The van der Waals surface area contributed by atoms with Gasteiger partial charge in [-0.1, -0.05) is 0 Å². The van der Waals surface area contributed by atoms with Crippen LogP contribution in [0.15, 0.2) is 18.2 Å². The molecule has 0 aliphatic heterocycles. The summed E-state index contributed by atoms with van der Waals surface area (Å²) in [5, 5.41) is 11.6. The Bertz CT molecular complexity index is 620. The maximum absolute atomic E-state index is 10.7. The van der Waals surface area contributed by atoms with E-state index in [0.717, 1.165) is 15.6 Å². The second-order valence-electron chi connectivity index (χ2n) is 4.29. The van der Waals surface area contributed by atoms with E-state index in [2.05, 4.69) is 4.98 Å². The quantitative estimate of drug-likeness (QED) is 0.676. The van der Waals surface area contributed by atoms with Gasteiger partial charge in [0.25, 0.3) is 5.69 Å². The molecule has 7 heteroatoms. The highest BCUT2D eigenvalue weighted by molar-refractivity contribution is 7.11. The zero-order chi connectivity index (χ0) is 14.7. The second-order valence-corrected chi connectivity index (χ2v) is 5.58. The van der Waals surface area contributed by atoms with Crippen LogP contribution in [0.3, 0.4) is 0 Å². The molecule has 0 unspecified atom stereocenters. The van der Waals surface area contributed by atoms with Crippen LogP contribution in [0.1, 0.15) is 21.1 Å². The van der Waals surface area contributed by atoms with Gasteiger partial charge < -0.3 is 10.5 Å². The molecule has 0 amide bonds. The number of nitrogens with two attached hydrogens (primary N) is 1. The number of rotatable bonds is 5. The fourth-order valence-electron chi connectivity index (χ4n) is 1.72. The molecular weight excluding hydrogens is 278 g/mol. The molecule has 0 fully saturated rings. The van der Waals surface area contributed by atoms with Crippen molar-refractivity contribution in [1.82, 2.24) is 4.98 Å². The number of aromatic nitrogens is 1. The number of hydrogen-bond donors (Lipinski definition) is 1. The standard InChI is InChI=1S/C13H15N3O3S/c1-8-9(2)20-13(15-8)7-19-12-4-3-11(16(17)18)5-10(12)6-14/h3-5H,6-7,14H2,1-2H3. The molecule has 0 aliphatic carbocycles. The van der Waals surface area contributed by atoms with Crippen LogP contribution in [-0.4, -0.2) is 9.91 Å². The van der Waals surface area contributed by atoms with Crippen molar-refractivity contribution < 1.29 is 9.66 Å². The zero-order valence-electron chi connectivity index (χ0n) is 11.3. The number of hydrogen-bond acceptors (Lipinski definition) is 6. The fourth-order valence-corrected chi connectivity index (χ4v) is 2.57. The zero-order valence-corrected chi connectivity index (χ0v) is 12.1. The van der Waals surface area contributed by atoms with E-state index in [-0.39, 0.29) is 12.2 Å². The number of benzene rings is 1. The van der Waals surface area contributed by atoms with Gasteiger partial charge in [-0.2, -0.15) is 0 Å². The second kappa shape index (κ2) is 5.98. The summed E-state index contributed by atoms with van der Waals surface area (Å²) in [7, 11) is 0. The minimum absolute atomic E-state index is 0.0127. The summed E-state index contributed by atoms with van der Waals surface area (Å²) in [5.74, 6) is 0.559. The summed E-state index contributed by atoms with van der Waals surface area (Å²) >= 11 is 1.58.